The standard InChI is InChI=1S/C11H12ClN3O2S/c12-9-6-8(14)2-3-10(9)18(17)7-11(16)15-5-1-4-13/h2-3,6H,1,5,7,14H2,(H,15,16). The molecule has 0 saturated heterocycles. The third-order valence-electron chi connectivity index (χ3n) is 2.02. The van der Waals surface area contributed by atoms with Gasteiger partial charge in [-0.2, -0.15) is 5.26 Å². The van der Waals surface area contributed by atoms with Crippen molar-refractivity contribution in [1.82, 2.24) is 5.32 Å². The summed E-state index contributed by atoms with van der Waals surface area (Å²) in [6, 6.07) is 6.50. The lowest BCUT2D eigenvalue weighted by Gasteiger charge is -2.06. The molecule has 1 atom stereocenters. The SMILES string of the molecule is N#CCCNC(=O)CS(=O)c1ccc(N)cc1Cl. The van der Waals surface area contributed by atoms with Crippen molar-refractivity contribution in [1.29, 1.82) is 5.26 Å². The van der Waals surface area contributed by atoms with E-state index >= 15 is 0 Å². The number of nitrogens with two attached hydrogens (primary N) is 1. The molecule has 0 radical (unpaired) electrons. The van der Waals surface area contributed by atoms with E-state index in [4.69, 9.17) is 22.6 Å². The van der Waals surface area contributed by atoms with Crippen LogP contribution >= 0.6 is 11.6 Å². The Bertz CT molecular complexity index is 514. The molecular weight excluding hydrogens is 274 g/mol. The van der Waals surface area contributed by atoms with Gasteiger partial charge in [0.05, 0.1) is 33.2 Å². The fourth-order valence-electron chi connectivity index (χ4n) is 1.21. The van der Waals surface area contributed by atoms with E-state index in [2.05, 4.69) is 5.32 Å². The lowest BCUT2D eigenvalue weighted by molar-refractivity contribution is -0.118. The minimum atomic E-state index is -1.52. The zero-order chi connectivity index (χ0) is 13.5. The van der Waals surface area contributed by atoms with Gasteiger partial charge in [-0.3, -0.25) is 9.00 Å². The summed E-state index contributed by atoms with van der Waals surface area (Å²) in [5.41, 5.74) is 5.99. The molecule has 7 heteroatoms. The molecule has 0 bridgehead atoms. The second-order valence-electron chi connectivity index (χ2n) is 3.44. The maximum atomic E-state index is 11.9. The van der Waals surface area contributed by atoms with Crippen LogP contribution in [0, 0.1) is 11.3 Å². The average molecular weight is 286 g/mol. The highest BCUT2D eigenvalue weighted by Gasteiger charge is 2.13. The van der Waals surface area contributed by atoms with Gasteiger partial charge in [-0.05, 0) is 18.2 Å². The first-order valence-corrected chi connectivity index (χ1v) is 6.81. The molecule has 0 aliphatic rings. The molecule has 18 heavy (non-hydrogen) atoms. The van der Waals surface area contributed by atoms with E-state index in [-0.39, 0.29) is 29.6 Å². The minimum Gasteiger partial charge on any atom is -0.399 e. The van der Waals surface area contributed by atoms with Gasteiger partial charge in [0.25, 0.3) is 0 Å². The zero-order valence-corrected chi connectivity index (χ0v) is 11.1. The molecule has 1 aromatic carbocycles. The van der Waals surface area contributed by atoms with Gasteiger partial charge in [0.1, 0.15) is 5.75 Å². The molecule has 0 aliphatic carbocycles. The van der Waals surface area contributed by atoms with Crippen molar-refractivity contribution in [2.45, 2.75) is 11.3 Å². The van der Waals surface area contributed by atoms with Gasteiger partial charge in [0.2, 0.25) is 5.91 Å². The van der Waals surface area contributed by atoms with Crippen molar-refractivity contribution < 1.29 is 9.00 Å². The van der Waals surface area contributed by atoms with Gasteiger partial charge in [0, 0.05) is 12.2 Å². The number of benzene rings is 1. The lowest BCUT2D eigenvalue weighted by atomic mass is 10.3. The first-order valence-electron chi connectivity index (χ1n) is 5.11. The molecule has 0 aromatic heterocycles. The van der Waals surface area contributed by atoms with Crippen LogP contribution in [0.15, 0.2) is 23.1 Å². The minimum absolute atomic E-state index is 0.185. The second kappa shape index (κ2) is 6.99. The highest BCUT2D eigenvalue weighted by Crippen LogP contribution is 2.22. The van der Waals surface area contributed by atoms with Gasteiger partial charge in [0.15, 0.2) is 0 Å². The summed E-state index contributed by atoms with van der Waals surface area (Å²) >= 11 is 5.89. The smallest absolute Gasteiger partial charge is 0.233 e. The summed E-state index contributed by atoms with van der Waals surface area (Å²) in [6.07, 6.45) is 0.223. The zero-order valence-electron chi connectivity index (χ0n) is 9.48. The topological polar surface area (TPSA) is 96.0 Å². The normalized spacial score (nSPS) is 11.6. The Morgan fingerprint density at radius 2 is 2.28 bits per heavy atom. The van der Waals surface area contributed by atoms with E-state index in [1.54, 1.807) is 6.07 Å². The van der Waals surface area contributed by atoms with Crippen LogP contribution in [0.5, 0.6) is 0 Å². The lowest BCUT2D eigenvalue weighted by Crippen LogP contribution is -2.29. The molecule has 0 heterocycles. The molecule has 96 valence electrons. The van der Waals surface area contributed by atoms with Crippen molar-refractivity contribution >= 4 is 34.0 Å². The van der Waals surface area contributed by atoms with Crippen molar-refractivity contribution in [2.24, 2.45) is 0 Å². The number of carbonyl (C=O) groups is 1. The highest BCUT2D eigenvalue weighted by atomic mass is 35.5. The highest BCUT2D eigenvalue weighted by molar-refractivity contribution is 7.85. The van der Waals surface area contributed by atoms with Crippen LogP contribution < -0.4 is 11.1 Å². The van der Waals surface area contributed by atoms with Gasteiger partial charge in [-0.1, -0.05) is 11.6 Å². The number of amides is 1. The molecule has 1 unspecified atom stereocenters. The van der Waals surface area contributed by atoms with Crippen molar-refractivity contribution in [3.05, 3.63) is 23.2 Å². The van der Waals surface area contributed by atoms with E-state index in [9.17, 15) is 9.00 Å². The quantitative estimate of drug-likeness (QED) is 0.624. The summed E-state index contributed by atoms with van der Waals surface area (Å²) in [5.74, 6) is -0.564. The first kappa shape index (κ1) is 14.5. The van der Waals surface area contributed by atoms with Crippen LogP contribution in [0.25, 0.3) is 0 Å². The number of nitriles is 1. The number of halogens is 1. The number of carbonyl (C=O) groups excluding carboxylic acids is 1. The number of hydrogen-bond donors (Lipinski definition) is 2. The van der Waals surface area contributed by atoms with E-state index < -0.39 is 10.8 Å². The molecule has 1 aromatic rings. The van der Waals surface area contributed by atoms with Gasteiger partial charge < -0.3 is 11.1 Å². The number of nitrogens with one attached hydrogen (secondary N) is 1. The largest absolute Gasteiger partial charge is 0.399 e. The Kier molecular flexibility index (Phi) is 5.62. The van der Waals surface area contributed by atoms with Crippen LogP contribution in [0.1, 0.15) is 6.42 Å². The Morgan fingerprint density at radius 3 is 2.89 bits per heavy atom. The summed E-state index contributed by atoms with van der Waals surface area (Å²) in [7, 11) is -1.52. The summed E-state index contributed by atoms with van der Waals surface area (Å²) in [6.45, 7) is 0.252. The summed E-state index contributed by atoms with van der Waals surface area (Å²) in [5, 5.41) is 11.1. The van der Waals surface area contributed by atoms with E-state index in [1.165, 1.54) is 12.1 Å². The number of nitrogen functional groups attached to an aromatic ring is 1. The molecular formula is C11H12ClN3O2S. The molecule has 0 fully saturated rings. The third kappa shape index (κ3) is 4.35. The Balaban J connectivity index is 2.60. The number of hydrogen-bond acceptors (Lipinski definition) is 4. The maximum Gasteiger partial charge on any atom is 0.233 e. The van der Waals surface area contributed by atoms with E-state index in [0.29, 0.717) is 10.6 Å². The Morgan fingerprint density at radius 1 is 1.56 bits per heavy atom. The molecule has 0 saturated carbocycles. The van der Waals surface area contributed by atoms with Crippen LogP contribution in [-0.2, 0) is 15.6 Å². The fraction of sp³-hybridized carbons (Fsp3) is 0.273. The Hall–Kier alpha value is -1.58. The van der Waals surface area contributed by atoms with Crippen molar-refractivity contribution in [2.75, 3.05) is 18.0 Å². The predicted octanol–water partition coefficient (Wildman–Crippen LogP) is 1.06. The molecule has 0 aliphatic heterocycles. The van der Waals surface area contributed by atoms with Crippen LogP contribution in [0.4, 0.5) is 5.69 Å². The van der Waals surface area contributed by atoms with Gasteiger partial charge >= 0.3 is 0 Å². The van der Waals surface area contributed by atoms with Crippen LogP contribution in [0.2, 0.25) is 5.02 Å². The van der Waals surface area contributed by atoms with Gasteiger partial charge in [-0.15, -0.1) is 0 Å². The molecule has 3 N–H and O–H groups in total. The maximum absolute atomic E-state index is 11.9. The van der Waals surface area contributed by atoms with Crippen molar-refractivity contribution in [3.8, 4) is 6.07 Å². The van der Waals surface area contributed by atoms with Crippen LogP contribution in [-0.4, -0.2) is 22.4 Å². The van der Waals surface area contributed by atoms with Crippen molar-refractivity contribution in [3.63, 3.8) is 0 Å². The second-order valence-corrected chi connectivity index (χ2v) is 5.26. The van der Waals surface area contributed by atoms with E-state index in [0.717, 1.165) is 0 Å². The number of anilines is 1. The predicted molar refractivity (Wildman–Crippen MR) is 70.4 cm³/mol. The number of rotatable bonds is 5. The summed E-state index contributed by atoms with van der Waals surface area (Å²) < 4.78 is 11.9. The molecule has 0 spiro atoms. The fourth-order valence-corrected chi connectivity index (χ4v) is 2.65. The monoisotopic (exact) mass is 285 g/mol. The average Bonchev–Trinajstić information content (AvgIpc) is 2.28. The molecule has 1 amide bonds. The number of nitrogens with zero attached hydrogens (tertiary/aromatic N) is 1. The van der Waals surface area contributed by atoms with Crippen LogP contribution in [0.3, 0.4) is 0 Å². The molecule has 1 rings (SSSR count). The first-order chi connectivity index (χ1) is 8.54. The Labute approximate surface area is 112 Å². The molecule has 5 nitrogen and oxygen atoms in total. The van der Waals surface area contributed by atoms with Gasteiger partial charge in [-0.25, -0.2) is 0 Å². The van der Waals surface area contributed by atoms with E-state index in [1.807, 2.05) is 6.07 Å². The third-order valence-corrected chi connectivity index (χ3v) is 3.82. The summed E-state index contributed by atoms with van der Waals surface area (Å²) in [4.78, 5) is 11.8.